The summed E-state index contributed by atoms with van der Waals surface area (Å²) >= 11 is 1.63. The third kappa shape index (κ3) is 3.02. The molecule has 0 fully saturated rings. The van der Waals surface area contributed by atoms with E-state index in [4.69, 9.17) is 0 Å². The van der Waals surface area contributed by atoms with Crippen LogP contribution in [0.1, 0.15) is 13.8 Å². The summed E-state index contributed by atoms with van der Waals surface area (Å²) in [4.78, 5) is 14.4. The average molecular weight is 198 g/mol. The van der Waals surface area contributed by atoms with Gasteiger partial charge in [-0.25, -0.2) is 0 Å². The molecule has 0 aliphatic heterocycles. The highest BCUT2D eigenvalue weighted by Gasteiger charge is 2.07. The molecular formula is C8H10N2O2S. The van der Waals surface area contributed by atoms with Gasteiger partial charge in [-0.15, -0.1) is 11.8 Å². The van der Waals surface area contributed by atoms with Gasteiger partial charge in [0.25, 0.3) is 0 Å². The number of pyridine rings is 1. The predicted molar refractivity (Wildman–Crippen MR) is 51.9 cm³/mol. The molecule has 0 radical (unpaired) electrons. The third-order valence-corrected chi connectivity index (χ3v) is 2.26. The summed E-state index contributed by atoms with van der Waals surface area (Å²) in [6.07, 6.45) is 1.53. The maximum Gasteiger partial charge on any atom is 0.363 e. The minimum Gasteiger partial charge on any atom is -0.358 e. The Hall–Kier alpha value is -1.10. The molecule has 0 unspecified atom stereocenters. The number of hydrogen-bond donors (Lipinski definition) is 0. The molecule has 5 heteroatoms. The summed E-state index contributed by atoms with van der Waals surface area (Å²) in [5.41, 5.74) is 0. The van der Waals surface area contributed by atoms with E-state index in [1.165, 1.54) is 12.3 Å². The van der Waals surface area contributed by atoms with E-state index >= 15 is 0 Å². The van der Waals surface area contributed by atoms with E-state index in [-0.39, 0.29) is 5.82 Å². The van der Waals surface area contributed by atoms with E-state index in [0.717, 1.165) is 4.90 Å². The van der Waals surface area contributed by atoms with Crippen LogP contribution in [-0.2, 0) is 0 Å². The van der Waals surface area contributed by atoms with E-state index in [1.807, 2.05) is 0 Å². The summed E-state index contributed by atoms with van der Waals surface area (Å²) in [6.45, 7) is 4.12. The second-order valence-corrected chi connectivity index (χ2v) is 4.43. The Morgan fingerprint density at radius 1 is 1.54 bits per heavy atom. The molecule has 0 amide bonds. The summed E-state index contributed by atoms with van der Waals surface area (Å²) in [7, 11) is 0. The number of nitrogens with zero attached hydrogens (tertiary/aromatic N) is 2. The highest BCUT2D eigenvalue weighted by Crippen LogP contribution is 2.22. The van der Waals surface area contributed by atoms with Gasteiger partial charge in [-0.1, -0.05) is 13.8 Å². The van der Waals surface area contributed by atoms with Crippen molar-refractivity contribution < 1.29 is 4.92 Å². The van der Waals surface area contributed by atoms with Crippen LogP contribution in [0.2, 0.25) is 0 Å². The van der Waals surface area contributed by atoms with E-state index in [2.05, 4.69) is 18.8 Å². The lowest BCUT2D eigenvalue weighted by atomic mass is 10.5. The average Bonchev–Trinajstić information content (AvgIpc) is 2.04. The van der Waals surface area contributed by atoms with Crippen LogP contribution in [0.5, 0.6) is 0 Å². The summed E-state index contributed by atoms with van der Waals surface area (Å²) in [5, 5.41) is 10.7. The first-order chi connectivity index (χ1) is 6.09. The second kappa shape index (κ2) is 4.23. The fourth-order valence-electron chi connectivity index (χ4n) is 0.822. The third-order valence-electron chi connectivity index (χ3n) is 1.28. The highest BCUT2D eigenvalue weighted by atomic mass is 32.2. The largest absolute Gasteiger partial charge is 0.363 e. The quantitative estimate of drug-likeness (QED) is 0.425. The van der Waals surface area contributed by atoms with E-state index < -0.39 is 4.92 Å². The van der Waals surface area contributed by atoms with Gasteiger partial charge in [0.15, 0.2) is 6.20 Å². The number of nitro groups is 1. The molecule has 0 aliphatic carbocycles. The van der Waals surface area contributed by atoms with Crippen molar-refractivity contribution in [1.29, 1.82) is 0 Å². The SMILES string of the molecule is CC(C)Sc1ccc([N+](=O)[O-])nc1. The van der Waals surface area contributed by atoms with E-state index in [1.54, 1.807) is 17.8 Å². The van der Waals surface area contributed by atoms with Crippen LogP contribution in [0, 0.1) is 10.1 Å². The molecule has 1 heterocycles. The summed E-state index contributed by atoms with van der Waals surface area (Å²) in [6, 6.07) is 3.14. The Balaban J connectivity index is 2.75. The maximum atomic E-state index is 10.3. The maximum absolute atomic E-state index is 10.3. The van der Waals surface area contributed by atoms with Crippen molar-refractivity contribution in [3.8, 4) is 0 Å². The molecule has 0 spiro atoms. The highest BCUT2D eigenvalue weighted by molar-refractivity contribution is 7.99. The summed E-state index contributed by atoms with van der Waals surface area (Å²) in [5.74, 6) is -0.104. The van der Waals surface area contributed by atoms with Crippen molar-refractivity contribution >= 4 is 17.6 Å². The van der Waals surface area contributed by atoms with Gasteiger partial charge >= 0.3 is 5.82 Å². The van der Waals surface area contributed by atoms with Crippen LogP contribution in [-0.4, -0.2) is 15.2 Å². The van der Waals surface area contributed by atoms with Gasteiger partial charge in [0.1, 0.15) is 0 Å². The zero-order chi connectivity index (χ0) is 9.84. The Morgan fingerprint density at radius 3 is 2.62 bits per heavy atom. The molecule has 1 aromatic rings. The first-order valence-corrected chi connectivity index (χ1v) is 4.74. The van der Waals surface area contributed by atoms with E-state index in [0.29, 0.717) is 5.25 Å². The van der Waals surface area contributed by atoms with Crippen molar-refractivity contribution in [1.82, 2.24) is 4.98 Å². The van der Waals surface area contributed by atoms with Gasteiger partial charge in [-0.2, -0.15) is 0 Å². The molecule has 0 saturated heterocycles. The van der Waals surface area contributed by atoms with Crippen molar-refractivity contribution in [2.24, 2.45) is 0 Å². The first-order valence-electron chi connectivity index (χ1n) is 3.86. The van der Waals surface area contributed by atoms with Crippen LogP contribution in [0.3, 0.4) is 0 Å². The lowest BCUT2D eigenvalue weighted by Gasteiger charge is -2.01. The van der Waals surface area contributed by atoms with Crippen molar-refractivity contribution in [2.45, 2.75) is 24.0 Å². The molecule has 0 N–H and O–H groups in total. The molecule has 0 aromatic carbocycles. The Morgan fingerprint density at radius 2 is 2.23 bits per heavy atom. The number of rotatable bonds is 3. The van der Waals surface area contributed by atoms with Crippen LogP contribution < -0.4 is 0 Å². The standard InChI is InChI=1S/C8H10N2O2S/c1-6(2)13-7-3-4-8(9-5-7)10(11)12/h3-6H,1-2H3. The fourth-order valence-corrected chi connectivity index (χ4v) is 1.63. The van der Waals surface area contributed by atoms with Gasteiger partial charge in [0.2, 0.25) is 0 Å². The fraction of sp³-hybridized carbons (Fsp3) is 0.375. The zero-order valence-corrected chi connectivity index (χ0v) is 8.25. The minimum atomic E-state index is -0.496. The molecule has 70 valence electrons. The van der Waals surface area contributed by atoms with Gasteiger partial charge in [-0.3, -0.25) is 0 Å². The smallest absolute Gasteiger partial charge is 0.358 e. The van der Waals surface area contributed by atoms with Crippen LogP contribution in [0.4, 0.5) is 5.82 Å². The zero-order valence-electron chi connectivity index (χ0n) is 7.43. The topological polar surface area (TPSA) is 56.0 Å². The van der Waals surface area contributed by atoms with Crippen LogP contribution >= 0.6 is 11.8 Å². The predicted octanol–water partition coefficient (Wildman–Crippen LogP) is 2.49. The van der Waals surface area contributed by atoms with Gasteiger partial charge in [0, 0.05) is 11.3 Å². The van der Waals surface area contributed by atoms with Crippen LogP contribution in [0.25, 0.3) is 0 Å². The monoisotopic (exact) mass is 198 g/mol. The lowest BCUT2D eigenvalue weighted by Crippen LogP contribution is -1.92. The normalized spacial score (nSPS) is 10.4. The van der Waals surface area contributed by atoms with Crippen molar-refractivity contribution in [3.63, 3.8) is 0 Å². The molecular weight excluding hydrogens is 188 g/mol. The van der Waals surface area contributed by atoms with Gasteiger partial charge < -0.3 is 10.1 Å². The van der Waals surface area contributed by atoms with Gasteiger partial charge in [0.05, 0.1) is 4.90 Å². The van der Waals surface area contributed by atoms with Gasteiger partial charge in [-0.05, 0) is 16.0 Å². The van der Waals surface area contributed by atoms with Crippen molar-refractivity contribution in [3.05, 3.63) is 28.4 Å². The number of hydrogen-bond acceptors (Lipinski definition) is 4. The van der Waals surface area contributed by atoms with E-state index in [9.17, 15) is 10.1 Å². The molecule has 1 rings (SSSR count). The molecule has 13 heavy (non-hydrogen) atoms. The second-order valence-electron chi connectivity index (χ2n) is 2.78. The van der Waals surface area contributed by atoms with Crippen molar-refractivity contribution in [2.75, 3.05) is 0 Å². The molecule has 0 aliphatic rings. The lowest BCUT2D eigenvalue weighted by molar-refractivity contribution is -0.389. The number of aromatic nitrogens is 1. The minimum absolute atomic E-state index is 0.104. The van der Waals surface area contributed by atoms with Crippen LogP contribution in [0.15, 0.2) is 23.2 Å². The molecule has 1 aromatic heterocycles. The Bertz CT molecular complexity index is 298. The molecule has 4 nitrogen and oxygen atoms in total. The molecule has 0 bridgehead atoms. The Kier molecular flexibility index (Phi) is 3.25. The first kappa shape index (κ1) is 9.98. The number of thioether (sulfide) groups is 1. The molecule has 0 saturated carbocycles. The molecule has 0 atom stereocenters. The summed E-state index contributed by atoms with van der Waals surface area (Å²) < 4.78 is 0. The Labute approximate surface area is 80.5 Å².